The van der Waals surface area contributed by atoms with Gasteiger partial charge in [0.1, 0.15) is 6.67 Å². The van der Waals surface area contributed by atoms with E-state index in [-0.39, 0.29) is 6.42 Å². The van der Waals surface area contributed by atoms with E-state index in [4.69, 9.17) is 0 Å². The van der Waals surface area contributed by atoms with Crippen molar-refractivity contribution in [2.24, 2.45) is 0 Å². The number of hydrogen-bond donors (Lipinski definition) is 1. The van der Waals surface area contributed by atoms with Gasteiger partial charge < -0.3 is 10.2 Å². The zero-order chi connectivity index (χ0) is 8.97. The molecule has 1 heterocycles. The number of hydroxylamine groups is 2. The van der Waals surface area contributed by atoms with Crippen LogP contribution in [0.15, 0.2) is 12.4 Å². The van der Waals surface area contributed by atoms with Gasteiger partial charge in [0.25, 0.3) is 0 Å². The van der Waals surface area contributed by atoms with Crippen molar-refractivity contribution in [3.63, 3.8) is 0 Å². The molecule has 0 fully saturated rings. The van der Waals surface area contributed by atoms with E-state index < -0.39 is 11.8 Å². The topological polar surface area (TPSA) is 58.6 Å². The lowest BCUT2D eigenvalue weighted by Gasteiger charge is -2.12. The van der Waals surface area contributed by atoms with Gasteiger partial charge in [-0.15, -0.1) is 0 Å². The molecule has 0 radical (unpaired) electrons. The molecular formula is C7H10N2O3. The summed E-state index contributed by atoms with van der Waals surface area (Å²) in [5.41, 5.74) is 0. The lowest BCUT2D eigenvalue weighted by molar-refractivity contribution is -0.180. The van der Waals surface area contributed by atoms with Crippen molar-refractivity contribution in [2.75, 3.05) is 6.67 Å². The standard InChI is InChI=1S/C7H10N2O3/c1-2-6(10)7(11)12-9-4-3-8-5-9/h3-4,8H,2,5H2,1H3. The minimum atomic E-state index is -0.814. The number of nitrogens with one attached hydrogen (secondary N) is 1. The minimum Gasteiger partial charge on any atom is -0.370 e. The molecule has 0 saturated carbocycles. The number of carbonyl (C=O) groups excluding carboxylic acids is 2. The molecule has 0 saturated heterocycles. The van der Waals surface area contributed by atoms with Gasteiger partial charge in [-0.3, -0.25) is 4.79 Å². The normalized spacial score (nSPS) is 14.2. The molecule has 5 nitrogen and oxygen atoms in total. The van der Waals surface area contributed by atoms with Crippen molar-refractivity contribution in [1.82, 2.24) is 10.4 Å². The Morgan fingerprint density at radius 2 is 2.42 bits per heavy atom. The molecule has 0 amide bonds. The summed E-state index contributed by atoms with van der Waals surface area (Å²) in [5.74, 6) is -1.33. The molecule has 1 aliphatic rings. The zero-order valence-corrected chi connectivity index (χ0v) is 6.74. The monoisotopic (exact) mass is 170 g/mol. The third-order valence-corrected chi connectivity index (χ3v) is 1.35. The molecule has 0 aromatic heterocycles. The SMILES string of the molecule is CCC(=O)C(=O)ON1C=CNC1. The molecule has 66 valence electrons. The summed E-state index contributed by atoms with van der Waals surface area (Å²) in [4.78, 5) is 26.3. The van der Waals surface area contributed by atoms with Crippen molar-refractivity contribution < 1.29 is 14.4 Å². The van der Waals surface area contributed by atoms with Gasteiger partial charge in [-0.2, -0.15) is 5.06 Å². The van der Waals surface area contributed by atoms with E-state index in [9.17, 15) is 9.59 Å². The van der Waals surface area contributed by atoms with E-state index in [0.29, 0.717) is 6.67 Å². The van der Waals surface area contributed by atoms with Crippen LogP contribution in [0.5, 0.6) is 0 Å². The molecule has 12 heavy (non-hydrogen) atoms. The first-order valence-electron chi connectivity index (χ1n) is 3.66. The second-order valence-electron chi connectivity index (χ2n) is 2.25. The molecule has 0 unspecified atom stereocenters. The third-order valence-electron chi connectivity index (χ3n) is 1.35. The van der Waals surface area contributed by atoms with Crippen LogP contribution < -0.4 is 5.32 Å². The average Bonchev–Trinajstić information content (AvgIpc) is 2.55. The zero-order valence-electron chi connectivity index (χ0n) is 6.74. The third kappa shape index (κ3) is 1.98. The second kappa shape index (κ2) is 3.75. The molecule has 0 bridgehead atoms. The van der Waals surface area contributed by atoms with Crippen LogP contribution in [-0.2, 0) is 14.4 Å². The molecule has 0 aromatic rings. The fraction of sp³-hybridized carbons (Fsp3) is 0.429. The number of nitrogens with zero attached hydrogens (tertiary/aromatic N) is 1. The maximum atomic E-state index is 10.9. The van der Waals surface area contributed by atoms with Crippen molar-refractivity contribution in [3.05, 3.63) is 12.4 Å². The Morgan fingerprint density at radius 3 is 2.92 bits per heavy atom. The van der Waals surface area contributed by atoms with Crippen LogP contribution in [-0.4, -0.2) is 23.5 Å². The van der Waals surface area contributed by atoms with Crippen LogP contribution >= 0.6 is 0 Å². The molecule has 1 aliphatic heterocycles. The first-order chi connectivity index (χ1) is 5.74. The fourth-order valence-corrected chi connectivity index (χ4v) is 0.696. The summed E-state index contributed by atoms with van der Waals surface area (Å²) < 4.78 is 0. The Hall–Kier alpha value is -1.52. The minimum absolute atomic E-state index is 0.170. The Bertz CT molecular complexity index is 225. The summed E-state index contributed by atoms with van der Waals surface area (Å²) in [6.07, 6.45) is 3.34. The Labute approximate surface area is 69.9 Å². The van der Waals surface area contributed by atoms with E-state index in [1.807, 2.05) is 0 Å². The van der Waals surface area contributed by atoms with Crippen LogP contribution in [0.3, 0.4) is 0 Å². The first-order valence-corrected chi connectivity index (χ1v) is 3.66. The number of hydrogen-bond acceptors (Lipinski definition) is 5. The van der Waals surface area contributed by atoms with E-state index in [0.717, 1.165) is 0 Å². The van der Waals surface area contributed by atoms with Crippen LogP contribution in [0.1, 0.15) is 13.3 Å². The van der Waals surface area contributed by atoms with Crippen LogP contribution in [0.2, 0.25) is 0 Å². The predicted molar refractivity (Wildman–Crippen MR) is 40.4 cm³/mol. The highest BCUT2D eigenvalue weighted by Gasteiger charge is 2.16. The molecule has 1 rings (SSSR count). The van der Waals surface area contributed by atoms with E-state index in [1.54, 1.807) is 19.3 Å². The molecule has 0 spiro atoms. The number of rotatable bonds is 3. The molecule has 0 aromatic carbocycles. The molecule has 5 heteroatoms. The largest absolute Gasteiger partial charge is 0.398 e. The first kappa shape index (κ1) is 8.58. The molecule has 0 aliphatic carbocycles. The lowest BCUT2D eigenvalue weighted by atomic mass is 10.3. The van der Waals surface area contributed by atoms with Gasteiger partial charge in [0.15, 0.2) is 0 Å². The van der Waals surface area contributed by atoms with Gasteiger partial charge in [-0.05, 0) is 0 Å². The highest BCUT2D eigenvalue weighted by atomic mass is 16.7. The van der Waals surface area contributed by atoms with Gasteiger partial charge in [-0.1, -0.05) is 6.92 Å². The lowest BCUT2D eigenvalue weighted by Crippen LogP contribution is -2.28. The van der Waals surface area contributed by atoms with Gasteiger partial charge in [0, 0.05) is 12.6 Å². The highest BCUT2D eigenvalue weighted by Crippen LogP contribution is 1.97. The second-order valence-corrected chi connectivity index (χ2v) is 2.25. The number of ketones is 1. The van der Waals surface area contributed by atoms with Crippen LogP contribution in [0.4, 0.5) is 0 Å². The van der Waals surface area contributed by atoms with Crippen molar-refractivity contribution in [3.8, 4) is 0 Å². The number of carbonyl (C=O) groups is 2. The predicted octanol–water partition coefficient (Wildman–Crippen LogP) is -0.242. The van der Waals surface area contributed by atoms with E-state index in [2.05, 4.69) is 10.2 Å². The molecule has 1 N–H and O–H groups in total. The van der Waals surface area contributed by atoms with Crippen LogP contribution in [0.25, 0.3) is 0 Å². The maximum absolute atomic E-state index is 10.9. The number of Topliss-reactive ketones (excluding diaryl/α,β-unsaturated/α-hetero) is 1. The van der Waals surface area contributed by atoms with Gasteiger partial charge in [-0.25, -0.2) is 4.79 Å². The van der Waals surface area contributed by atoms with Crippen molar-refractivity contribution >= 4 is 11.8 Å². The molecular weight excluding hydrogens is 160 g/mol. The summed E-state index contributed by atoms with van der Waals surface area (Å²) in [6, 6.07) is 0. The van der Waals surface area contributed by atoms with E-state index in [1.165, 1.54) is 5.06 Å². The summed E-state index contributed by atoms with van der Waals surface area (Å²) >= 11 is 0. The quantitative estimate of drug-likeness (QED) is 0.592. The highest BCUT2D eigenvalue weighted by molar-refractivity contribution is 6.33. The Balaban J connectivity index is 2.35. The van der Waals surface area contributed by atoms with Crippen LogP contribution in [0, 0.1) is 0 Å². The summed E-state index contributed by atoms with van der Waals surface area (Å²) in [5, 5.41) is 4.05. The van der Waals surface area contributed by atoms with Gasteiger partial charge in [0.05, 0.1) is 6.20 Å². The van der Waals surface area contributed by atoms with Gasteiger partial charge in [0.2, 0.25) is 5.78 Å². The van der Waals surface area contributed by atoms with Gasteiger partial charge >= 0.3 is 5.97 Å². The fourth-order valence-electron chi connectivity index (χ4n) is 0.696. The van der Waals surface area contributed by atoms with E-state index >= 15 is 0 Å². The Morgan fingerprint density at radius 1 is 1.67 bits per heavy atom. The van der Waals surface area contributed by atoms with Crippen molar-refractivity contribution in [1.29, 1.82) is 0 Å². The summed E-state index contributed by atoms with van der Waals surface area (Å²) in [7, 11) is 0. The Kier molecular flexibility index (Phi) is 2.68. The molecule has 0 atom stereocenters. The summed E-state index contributed by atoms with van der Waals surface area (Å²) in [6.45, 7) is 2.00. The maximum Gasteiger partial charge on any atom is 0.398 e. The van der Waals surface area contributed by atoms with Crippen molar-refractivity contribution in [2.45, 2.75) is 13.3 Å². The average molecular weight is 170 g/mol. The smallest absolute Gasteiger partial charge is 0.370 e.